The van der Waals surface area contributed by atoms with Crippen LogP contribution >= 0.6 is 24.0 Å². The van der Waals surface area contributed by atoms with Crippen molar-refractivity contribution in [2.24, 2.45) is 4.99 Å². The first-order chi connectivity index (χ1) is 9.70. The zero-order valence-electron chi connectivity index (χ0n) is 12.9. The van der Waals surface area contributed by atoms with Crippen LogP contribution in [0.1, 0.15) is 25.0 Å². The van der Waals surface area contributed by atoms with Crippen molar-refractivity contribution in [1.29, 1.82) is 0 Å². The van der Waals surface area contributed by atoms with E-state index in [0.29, 0.717) is 6.54 Å². The zero-order valence-corrected chi connectivity index (χ0v) is 15.2. The monoisotopic (exact) mass is 427 g/mol. The summed E-state index contributed by atoms with van der Waals surface area (Å²) < 4.78 is 37.7. The third kappa shape index (κ3) is 4.50. The molecule has 1 aliphatic rings. The summed E-state index contributed by atoms with van der Waals surface area (Å²) in [6.45, 7) is 6.28. The number of alkyl halides is 3. The number of benzene rings is 1. The first-order valence-corrected chi connectivity index (χ1v) is 6.87. The first-order valence-electron chi connectivity index (χ1n) is 6.87. The first kappa shape index (κ1) is 19.1. The molecule has 1 heterocycles. The van der Waals surface area contributed by atoms with Crippen molar-refractivity contribution in [2.75, 3.05) is 26.7 Å². The Kier molecular flexibility index (Phi) is 6.11. The molecule has 1 aliphatic heterocycles. The van der Waals surface area contributed by atoms with E-state index >= 15 is 0 Å². The highest BCUT2D eigenvalue weighted by Crippen LogP contribution is 2.31. The van der Waals surface area contributed by atoms with Crippen LogP contribution in [0.25, 0.3) is 0 Å². The Labute approximate surface area is 146 Å². The van der Waals surface area contributed by atoms with Gasteiger partial charge in [-0.25, -0.2) is 0 Å². The number of halogens is 4. The van der Waals surface area contributed by atoms with Crippen LogP contribution in [0.15, 0.2) is 29.3 Å². The van der Waals surface area contributed by atoms with Gasteiger partial charge in [-0.2, -0.15) is 13.2 Å². The van der Waals surface area contributed by atoms with E-state index in [1.54, 1.807) is 12.1 Å². The van der Waals surface area contributed by atoms with Crippen LogP contribution in [-0.2, 0) is 11.6 Å². The lowest BCUT2D eigenvalue weighted by Gasteiger charge is -2.28. The minimum absolute atomic E-state index is 0. The standard InChI is InChI=1S/C15H20F3N3.HI/c1-14(2,10-20-13-19-8-9-21(13)3)11-4-6-12(7-5-11)15(16,17)18;/h4-7H,8-10H2,1-3H3,(H,19,20);1H. The molecule has 22 heavy (non-hydrogen) atoms. The Hall–Kier alpha value is -0.990. The fourth-order valence-electron chi connectivity index (χ4n) is 2.24. The van der Waals surface area contributed by atoms with E-state index in [0.717, 1.165) is 36.7 Å². The van der Waals surface area contributed by atoms with Crippen molar-refractivity contribution in [3.8, 4) is 0 Å². The molecule has 0 aliphatic carbocycles. The fourth-order valence-corrected chi connectivity index (χ4v) is 2.24. The second-order valence-electron chi connectivity index (χ2n) is 5.94. The average Bonchev–Trinajstić information content (AvgIpc) is 2.81. The molecule has 1 N–H and O–H groups in total. The lowest BCUT2D eigenvalue weighted by atomic mass is 9.84. The average molecular weight is 427 g/mol. The molecule has 0 saturated heterocycles. The molecule has 2 rings (SSSR count). The highest BCUT2D eigenvalue weighted by atomic mass is 127. The maximum absolute atomic E-state index is 12.6. The van der Waals surface area contributed by atoms with E-state index in [1.807, 2.05) is 25.8 Å². The van der Waals surface area contributed by atoms with Crippen molar-refractivity contribution < 1.29 is 13.2 Å². The molecular weight excluding hydrogens is 406 g/mol. The normalized spacial score (nSPS) is 15.4. The lowest BCUT2D eigenvalue weighted by Crippen LogP contribution is -2.42. The number of guanidine groups is 1. The molecule has 0 amide bonds. The molecule has 1 aromatic carbocycles. The molecular formula is C15H21F3IN3. The van der Waals surface area contributed by atoms with Gasteiger partial charge in [-0.05, 0) is 17.7 Å². The van der Waals surface area contributed by atoms with Gasteiger partial charge in [0.1, 0.15) is 0 Å². The fraction of sp³-hybridized carbons (Fsp3) is 0.533. The van der Waals surface area contributed by atoms with Gasteiger partial charge in [0, 0.05) is 25.6 Å². The minimum Gasteiger partial charge on any atom is -0.355 e. The summed E-state index contributed by atoms with van der Waals surface area (Å²) in [6, 6.07) is 5.36. The predicted molar refractivity (Wildman–Crippen MR) is 92.8 cm³/mol. The quantitative estimate of drug-likeness (QED) is 0.749. The van der Waals surface area contributed by atoms with Crippen LogP contribution in [0.3, 0.4) is 0 Å². The third-order valence-corrected chi connectivity index (χ3v) is 3.74. The van der Waals surface area contributed by atoms with E-state index in [9.17, 15) is 13.2 Å². The molecule has 0 atom stereocenters. The van der Waals surface area contributed by atoms with Crippen LogP contribution in [0.5, 0.6) is 0 Å². The largest absolute Gasteiger partial charge is 0.416 e. The second kappa shape index (κ2) is 7.06. The summed E-state index contributed by atoms with van der Waals surface area (Å²) in [5.41, 5.74) is -0.0324. The highest BCUT2D eigenvalue weighted by Gasteiger charge is 2.31. The summed E-state index contributed by atoms with van der Waals surface area (Å²) in [4.78, 5) is 6.37. The van der Waals surface area contributed by atoms with E-state index in [2.05, 4.69) is 10.3 Å². The molecule has 0 aromatic heterocycles. The summed E-state index contributed by atoms with van der Waals surface area (Å²) in [6.07, 6.45) is -4.29. The summed E-state index contributed by atoms with van der Waals surface area (Å²) >= 11 is 0. The van der Waals surface area contributed by atoms with Gasteiger partial charge in [-0.1, -0.05) is 26.0 Å². The Bertz CT molecular complexity index is 524. The van der Waals surface area contributed by atoms with Crippen molar-refractivity contribution in [1.82, 2.24) is 10.2 Å². The van der Waals surface area contributed by atoms with Gasteiger partial charge in [0.15, 0.2) is 5.96 Å². The van der Waals surface area contributed by atoms with E-state index in [4.69, 9.17) is 0 Å². The molecule has 0 fully saturated rings. The van der Waals surface area contributed by atoms with Gasteiger partial charge in [0.05, 0.1) is 12.1 Å². The topological polar surface area (TPSA) is 27.6 Å². The Morgan fingerprint density at radius 3 is 2.14 bits per heavy atom. The number of rotatable bonds is 3. The highest BCUT2D eigenvalue weighted by molar-refractivity contribution is 14.0. The Morgan fingerprint density at radius 1 is 1.14 bits per heavy atom. The Morgan fingerprint density at radius 2 is 1.68 bits per heavy atom. The predicted octanol–water partition coefficient (Wildman–Crippen LogP) is 3.49. The second-order valence-corrected chi connectivity index (χ2v) is 5.94. The van der Waals surface area contributed by atoms with E-state index in [1.165, 1.54) is 0 Å². The molecule has 0 unspecified atom stereocenters. The summed E-state index contributed by atoms with van der Waals surface area (Å²) in [5, 5.41) is 3.27. The number of hydrogen-bond donors (Lipinski definition) is 1. The molecule has 0 saturated carbocycles. The van der Waals surface area contributed by atoms with Crippen molar-refractivity contribution in [2.45, 2.75) is 25.4 Å². The maximum atomic E-state index is 12.6. The van der Waals surface area contributed by atoms with E-state index in [-0.39, 0.29) is 29.4 Å². The molecule has 0 radical (unpaired) electrons. The van der Waals surface area contributed by atoms with Crippen molar-refractivity contribution in [3.63, 3.8) is 0 Å². The van der Waals surface area contributed by atoms with Crippen molar-refractivity contribution in [3.05, 3.63) is 35.4 Å². The maximum Gasteiger partial charge on any atom is 0.416 e. The SMILES string of the molecule is CN1CCN=C1NCC(C)(C)c1ccc(C(F)(F)F)cc1.I. The van der Waals surface area contributed by atoms with Gasteiger partial charge in [0.25, 0.3) is 0 Å². The number of likely N-dealkylation sites (N-methyl/N-ethyl adjacent to an activating group) is 1. The minimum atomic E-state index is -4.29. The smallest absolute Gasteiger partial charge is 0.355 e. The van der Waals surface area contributed by atoms with Crippen LogP contribution in [0, 0.1) is 0 Å². The van der Waals surface area contributed by atoms with Crippen LogP contribution in [-0.4, -0.2) is 37.5 Å². The lowest BCUT2D eigenvalue weighted by molar-refractivity contribution is -0.137. The van der Waals surface area contributed by atoms with Gasteiger partial charge in [-0.3, -0.25) is 4.99 Å². The van der Waals surface area contributed by atoms with Crippen LogP contribution < -0.4 is 5.32 Å². The molecule has 0 bridgehead atoms. The molecule has 124 valence electrons. The molecule has 3 nitrogen and oxygen atoms in total. The van der Waals surface area contributed by atoms with Gasteiger partial charge >= 0.3 is 6.18 Å². The molecule has 7 heteroatoms. The summed E-state index contributed by atoms with van der Waals surface area (Å²) in [5.74, 6) is 0.843. The number of aliphatic imine (C=N–C) groups is 1. The third-order valence-electron chi connectivity index (χ3n) is 3.74. The van der Waals surface area contributed by atoms with Crippen molar-refractivity contribution >= 4 is 29.9 Å². The number of nitrogens with zero attached hydrogens (tertiary/aromatic N) is 2. The van der Waals surface area contributed by atoms with Gasteiger partial charge < -0.3 is 10.2 Å². The molecule has 0 spiro atoms. The summed E-state index contributed by atoms with van der Waals surface area (Å²) in [7, 11) is 1.96. The zero-order chi connectivity index (χ0) is 15.7. The van der Waals surface area contributed by atoms with E-state index < -0.39 is 11.7 Å². The number of nitrogens with one attached hydrogen (secondary N) is 1. The van der Waals surface area contributed by atoms with Gasteiger partial charge in [0.2, 0.25) is 0 Å². The number of hydrogen-bond acceptors (Lipinski definition) is 3. The molecule has 1 aromatic rings. The van der Waals surface area contributed by atoms with Crippen LogP contribution in [0.2, 0.25) is 0 Å². The van der Waals surface area contributed by atoms with Gasteiger partial charge in [-0.15, -0.1) is 24.0 Å². The Balaban J connectivity index is 0.00000242. The van der Waals surface area contributed by atoms with Crippen LogP contribution in [0.4, 0.5) is 13.2 Å².